The molecule has 0 saturated heterocycles. The van der Waals surface area contributed by atoms with Crippen molar-refractivity contribution in [3.05, 3.63) is 26.8 Å². The molecule has 1 unspecified atom stereocenters. The average molecular weight is 261 g/mol. The Morgan fingerprint density at radius 1 is 1.71 bits per heavy atom. The van der Waals surface area contributed by atoms with Gasteiger partial charge in [0.05, 0.1) is 0 Å². The van der Waals surface area contributed by atoms with Gasteiger partial charge >= 0.3 is 5.97 Å². The number of rotatable bonds is 2. The summed E-state index contributed by atoms with van der Waals surface area (Å²) in [6.45, 7) is 3.03. The zero-order valence-corrected chi connectivity index (χ0v) is 9.28. The van der Waals surface area contributed by atoms with E-state index in [-0.39, 0.29) is 10.0 Å². The van der Waals surface area contributed by atoms with E-state index in [0.29, 0.717) is 5.82 Å². The van der Waals surface area contributed by atoms with Crippen LogP contribution in [-0.2, 0) is 4.79 Å². The number of aromatic nitrogens is 2. The van der Waals surface area contributed by atoms with Crippen LogP contribution in [0.1, 0.15) is 18.8 Å². The smallest absolute Gasteiger partial charge is 0.326 e. The Kier molecular flexibility index (Phi) is 3.05. The van der Waals surface area contributed by atoms with Gasteiger partial charge in [0.15, 0.2) is 0 Å². The molecule has 1 rings (SSSR count). The van der Waals surface area contributed by atoms with Crippen molar-refractivity contribution in [2.75, 3.05) is 0 Å². The molecular weight excluding hydrogens is 252 g/mol. The van der Waals surface area contributed by atoms with Crippen LogP contribution >= 0.6 is 15.9 Å². The van der Waals surface area contributed by atoms with Gasteiger partial charge in [0.25, 0.3) is 5.56 Å². The molecule has 1 aromatic heterocycles. The van der Waals surface area contributed by atoms with Gasteiger partial charge in [-0.05, 0) is 29.8 Å². The molecule has 1 aromatic rings. The van der Waals surface area contributed by atoms with Crippen LogP contribution in [-0.4, -0.2) is 20.6 Å². The van der Waals surface area contributed by atoms with Crippen LogP contribution < -0.4 is 5.56 Å². The molecule has 1 N–H and O–H groups in total. The number of nitrogens with zero attached hydrogens (tertiary/aromatic N) is 2. The van der Waals surface area contributed by atoms with Gasteiger partial charge in [0.2, 0.25) is 0 Å². The van der Waals surface area contributed by atoms with Gasteiger partial charge in [0, 0.05) is 6.20 Å². The van der Waals surface area contributed by atoms with Crippen LogP contribution in [0, 0.1) is 6.92 Å². The molecule has 1 atom stereocenters. The Bertz CT molecular complexity index is 427. The number of aliphatic carboxylic acids is 1. The van der Waals surface area contributed by atoms with E-state index in [9.17, 15) is 9.59 Å². The number of halogens is 1. The van der Waals surface area contributed by atoms with Gasteiger partial charge in [-0.2, -0.15) is 0 Å². The Hall–Kier alpha value is -1.17. The molecule has 0 bridgehead atoms. The first-order chi connectivity index (χ1) is 6.45. The predicted octanol–water partition coefficient (Wildman–Crippen LogP) is 0.960. The van der Waals surface area contributed by atoms with Crippen molar-refractivity contribution in [3.63, 3.8) is 0 Å². The van der Waals surface area contributed by atoms with E-state index in [2.05, 4.69) is 20.9 Å². The summed E-state index contributed by atoms with van der Waals surface area (Å²) in [5, 5.41) is 8.77. The lowest BCUT2D eigenvalue weighted by molar-refractivity contribution is -0.140. The zero-order valence-electron chi connectivity index (χ0n) is 7.69. The van der Waals surface area contributed by atoms with Crippen LogP contribution in [0.15, 0.2) is 15.5 Å². The fourth-order valence-corrected chi connectivity index (χ4v) is 1.39. The SMILES string of the molecule is Cc1ncc(Br)c(=O)n1C(C)C(=O)O. The summed E-state index contributed by atoms with van der Waals surface area (Å²) in [4.78, 5) is 26.2. The number of carboxylic acid groups (broad SMARTS) is 1. The monoisotopic (exact) mass is 260 g/mol. The summed E-state index contributed by atoms with van der Waals surface area (Å²) < 4.78 is 1.39. The molecule has 0 saturated carbocycles. The second-order valence-electron chi connectivity index (χ2n) is 2.84. The molecule has 0 aliphatic rings. The molecule has 0 radical (unpaired) electrons. The van der Waals surface area contributed by atoms with Crippen LogP contribution in [0.2, 0.25) is 0 Å². The van der Waals surface area contributed by atoms with E-state index in [1.165, 1.54) is 13.1 Å². The predicted molar refractivity (Wildman–Crippen MR) is 53.3 cm³/mol. The summed E-state index contributed by atoms with van der Waals surface area (Å²) >= 11 is 3.01. The van der Waals surface area contributed by atoms with Gasteiger partial charge in [0.1, 0.15) is 16.3 Å². The summed E-state index contributed by atoms with van der Waals surface area (Å²) in [5.41, 5.74) is -0.382. The van der Waals surface area contributed by atoms with E-state index >= 15 is 0 Å². The minimum atomic E-state index is -1.06. The highest BCUT2D eigenvalue weighted by Gasteiger charge is 2.18. The van der Waals surface area contributed by atoms with Crippen molar-refractivity contribution in [2.45, 2.75) is 19.9 Å². The van der Waals surface area contributed by atoms with Crippen molar-refractivity contribution < 1.29 is 9.90 Å². The van der Waals surface area contributed by atoms with Crippen LogP contribution in [0.4, 0.5) is 0 Å². The summed E-state index contributed by atoms with van der Waals surface area (Å²) in [5.74, 6) is -0.678. The van der Waals surface area contributed by atoms with Crippen molar-refractivity contribution in [3.8, 4) is 0 Å². The molecule has 0 fully saturated rings. The molecule has 5 nitrogen and oxygen atoms in total. The molecule has 6 heteroatoms. The third kappa shape index (κ3) is 1.84. The lowest BCUT2D eigenvalue weighted by Gasteiger charge is -2.12. The molecule has 14 heavy (non-hydrogen) atoms. The van der Waals surface area contributed by atoms with Crippen LogP contribution in [0.25, 0.3) is 0 Å². The quantitative estimate of drug-likeness (QED) is 0.860. The van der Waals surface area contributed by atoms with E-state index < -0.39 is 12.0 Å². The Labute approximate surface area is 88.5 Å². The van der Waals surface area contributed by atoms with E-state index in [0.717, 1.165) is 4.57 Å². The molecular formula is C8H9BrN2O3. The van der Waals surface area contributed by atoms with Crippen molar-refractivity contribution in [1.29, 1.82) is 0 Å². The normalized spacial score (nSPS) is 12.5. The number of hydrogen-bond acceptors (Lipinski definition) is 3. The Balaban J connectivity index is 3.40. The average Bonchev–Trinajstić information content (AvgIpc) is 2.12. The van der Waals surface area contributed by atoms with Gasteiger partial charge in [-0.25, -0.2) is 9.78 Å². The highest BCUT2D eigenvalue weighted by atomic mass is 79.9. The van der Waals surface area contributed by atoms with Crippen LogP contribution in [0.5, 0.6) is 0 Å². The third-order valence-corrected chi connectivity index (χ3v) is 2.43. The molecule has 0 spiro atoms. The van der Waals surface area contributed by atoms with Crippen LogP contribution in [0.3, 0.4) is 0 Å². The van der Waals surface area contributed by atoms with Gasteiger partial charge in [-0.15, -0.1) is 0 Å². The second-order valence-corrected chi connectivity index (χ2v) is 3.70. The summed E-state index contributed by atoms with van der Waals surface area (Å²) in [6.07, 6.45) is 1.36. The van der Waals surface area contributed by atoms with Crippen molar-refractivity contribution in [2.24, 2.45) is 0 Å². The number of hydrogen-bond donors (Lipinski definition) is 1. The molecule has 0 aliphatic heterocycles. The number of carboxylic acids is 1. The van der Waals surface area contributed by atoms with Gasteiger partial charge in [-0.3, -0.25) is 9.36 Å². The third-order valence-electron chi connectivity index (χ3n) is 1.88. The van der Waals surface area contributed by atoms with Gasteiger partial charge < -0.3 is 5.11 Å². The first-order valence-electron chi connectivity index (χ1n) is 3.91. The number of aryl methyl sites for hydroxylation is 1. The van der Waals surface area contributed by atoms with E-state index in [4.69, 9.17) is 5.11 Å². The fraction of sp³-hybridized carbons (Fsp3) is 0.375. The summed E-state index contributed by atoms with van der Waals surface area (Å²) in [6, 6.07) is -0.910. The van der Waals surface area contributed by atoms with E-state index in [1.54, 1.807) is 6.92 Å². The Morgan fingerprint density at radius 2 is 2.29 bits per heavy atom. The maximum atomic E-state index is 11.5. The largest absolute Gasteiger partial charge is 0.480 e. The molecule has 1 heterocycles. The minimum absolute atomic E-state index is 0.260. The first kappa shape index (κ1) is 10.9. The van der Waals surface area contributed by atoms with Gasteiger partial charge in [-0.1, -0.05) is 0 Å². The highest BCUT2D eigenvalue weighted by Crippen LogP contribution is 2.08. The first-order valence-corrected chi connectivity index (χ1v) is 4.71. The highest BCUT2D eigenvalue weighted by molar-refractivity contribution is 9.10. The molecule has 76 valence electrons. The topological polar surface area (TPSA) is 72.2 Å². The van der Waals surface area contributed by atoms with E-state index in [1.807, 2.05) is 0 Å². The Morgan fingerprint density at radius 3 is 2.79 bits per heavy atom. The maximum absolute atomic E-state index is 11.5. The zero-order chi connectivity index (χ0) is 10.9. The number of carbonyl (C=O) groups is 1. The fourth-order valence-electron chi connectivity index (χ4n) is 1.10. The standard InChI is InChI=1S/C8H9BrN2O3/c1-4(8(13)14)11-5(2)10-3-6(9)7(11)12/h3-4H,1-2H3,(H,13,14). The van der Waals surface area contributed by atoms with Crippen molar-refractivity contribution >= 4 is 21.9 Å². The lowest BCUT2D eigenvalue weighted by atomic mass is 10.3. The second kappa shape index (κ2) is 3.91. The molecule has 0 aromatic carbocycles. The molecule has 0 aliphatic carbocycles. The minimum Gasteiger partial charge on any atom is -0.480 e. The van der Waals surface area contributed by atoms with Crippen molar-refractivity contribution in [1.82, 2.24) is 9.55 Å². The summed E-state index contributed by atoms with van der Waals surface area (Å²) in [7, 11) is 0. The maximum Gasteiger partial charge on any atom is 0.326 e. The lowest BCUT2D eigenvalue weighted by Crippen LogP contribution is -2.30. The molecule has 0 amide bonds.